The van der Waals surface area contributed by atoms with Crippen LogP contribution in [0.3, 0.4) is 0 Å². The number of anilines is 1. The van der Waals surface area contributed by atoms with Crippen LogP contribution in [0.4, 0.5) is 5.69 Å². The first kappa shape index (κ1) is 17.7. The number of aryl methyl sites for hydroxylation is 2. The van der Waals surface area contributed by atoms with Crippen molar-refractivity contribution >= 4 is 11.6 Å². The summed E-state index contributed by atoms with van der Waals surface area (Å²) in [7, 11) is 4.71. The quantitative estimate of drug-likeness (QED) is 0.843. The van der Waals surface area contributed by atoms with E-state index < -0.39 is 0 Å². The van der Waals surface area contributed by atoms with Crippen molar-refractivity contribution in [2.75, 3.05) is 26.6 Å². The van der Waals surface area contributed by atoms with Crippen LogP contribution >= 0.6 is 0 Å². The lowest BCUT2D eigenvalue weighted by Gasteiger charge is -2.14. The Morgan fingerprint density at radius 1 is 1.00 bits per heavy atom. The van der Waals surface area contributed by atoms with Gasteiger partial charge in [-0.1, -0.05) is 12.1 Å². The van der Waals surface area contributed by atoms with Gasteiger partial charge in [-0.3, -0.25) is 4.79 Å². The predicted octanol–water partition coefficient (Wildman–Crippen LogP) is 3.59. The molecule has 128 valence electrons. The molecule has 2 aromatic rings. The summed E-state index contributed by atoms with van der Waals surface area (Å²) in [6.07, 6.45) is 0.945. The Balaban J connectivity index is 2.04. The zero-order valence-electron chi connectivity index (χ0n) is 14.5. The minimum Gasteiger partial charge on any atom is -0.493 e. The molecule has 0 radical (unpaired) electrons. The van der Waals surface area contributed by atoms with E-state index in [1.807, 2.05) is 43.3 Å². The van der Waals surface area contributed by atoms with E-state index in [-0.39, 0.29) is 5.91 Å². The SMILES string of the molecule is COc1cc(CCC(=O)Nc2cccc(C)c2)cc(OC)c1OC. The summed E-state index contributed by atoms with van der Waals surface area (Å²) in [6, 6.07) is 11.5. The van der Waals surface area contributed by atoms with Gasteiger partial charge in [0, 0.05) is 12.1 Å². The fraction of sp³-hybridized carbons (Fsp3) is 0.316. The normalized spacial score (nSPS) is 10.2. The number of hydrogen-bond acceptors (Lipinski definition) is 4. The summed E-state index contributed by atoms with van der Waals surface area (Å²) in [6.45, 7) is 1.99. The van der Waals surface area contributed by atoms with Crippen LogP contribution in [-0.2, 0) is 11.2 Å². The highest BCUT2D eigenvalue weighted by Gasteiger charge is 2.14. The predicted molar refractivity (Wildman–Crippen MR) is 94.2 cm³/mol. The summed E-state index contributed by atoms with van der Waals surface area (Å²) in [5, 5.41) is 2.91. The first-order valence-corrected chi connectivity index (χ1v) is 7.72. The third-order valence-electron chi connectivity index (χ3n) is 3.67. The van der Waals surface area contributed by atoms with E-state index in [1.54, 1.807) is 21.3 Å². The van der Waals surface area contributed by atoms with E-state index in [0.29, 0.717) is 30.1 Å². The molecule has 0 aliphatic carbocycles. The van der Waals surface area contributed by atoms with Gasteiger partial charge >= 0.3 is 0 Å². The van der Waals surface area contributed by atoms with Gasteiger partial charge < -0.3 is 19.5 Å². The van der Waals surface area contributed by atoms with Crippen molar-refractivity contribution in [1.82, 2.24) is 0 Å². The first-order valence-electron chi connectivity index (χ1n) is 7.72. The van der Waals surface area contributed by atoms with Crippen molar-refractivity contribution in [3.8, 4) is 17.2 Å². The van der Waals surface area contributed by atoms with Crippen LogP contribution in [0.25, 0.3) is 0 Å². The molecule has 0 aromatic heterocycles. The zero-order chi connectivity index (χ0) is 17.5. The number of amides is 1. The molecule has 1 amide bonds. The molecular formula is C19H23NO4. The van der Waals surface area contributed by atoms with E-state index in [0.717, 1.165) is 16.8 Å². The number of hydrogen-bond donors (Lipinski definition) is 1. The van der Waals surface area contributed by atoms with Crippen molar-refractivity contribution in [2.24, 2.45) is 0 Å². The Morgan fingerprint density at radius 3 is 2.21 bits per heavy atom. The van der Waals surface area contributed by atoms with Gasteiger partial charge in [-0.2, -0.15) is 0 Å². The number of benzene rings is 2. The summed E-state index contributed by atoms with van der Waals surface area (Å²) in [5.74, 6) is 1.69. The van der Waals surface area contributed by atoms with Gasteiger partial charge in [0.15, 0.2) is 11.5 Å². The molecule has 0 spiro atoms. The average Bonchev–Trinajstić information content (AvgIpc) is 2.58. The fourth-order valence-corrected chi connectivity index (χ4v) is 2.48. The number of methoxy groups -OCH3 is 3. The molecule has 5 heteroatoms. The minimum atomic E-state index is -0.0330. The van der Waals surface area contributed by atoms with Crippen LogP contribution < -0.4 is 19.5 Å². The zero-order valence-corrected chi connectivity index (χ0v) is 14.5. The smallest absolute Gasteiger partial charge is 0.224 e. The number of carbonyl (C=O) groups is 1. The first-order chi connectivity index (χ1) is 11.6. The lowest BCUT2D eigenvalue weighted by molar-refractivity contribution is -0.116. The van der Waals surface area contributed by atoms with E-state index in [2.05, 4.69) is 5.32 Å². The van der Waals surface area contributed by atoms with Gasteiger partial charge in [0.05, 0.1) is 21.3 Å². The summed E-state index contributed by atoms with van der Waals surface area (Å²) >= 11 is 0. The molecule has 1 N–H and O–H groups in total. The van der Waals surface area contributed by atoms with Gasteiger partial charge in [0.25, 0.3) is 0 Å². The van der Waals surface area contributed by atoms with Crippen molar-refractivity contribution in [3.05, 3.63) is 47.5 Å². The molecule has 0 bridgehead atoms. The molecule has 0 aliphatic heterocycles. The minimum absolute atomic E-state index is 0.0330. The van der Waals surface area contributed by atoms with Gasteiger partial charge in [0.2, 0.25) is 11.7 Å². The third kappa shape index (κ3) is 4.41. The molecular weight excluding hydrogens is 306 g/mol. The molecule has 0 unspecified atom stereocenters. The van der Waals surface area contributed by atoms with E-state index in [1.165, 1.54) is 0 Å². The maximum atomic E-state index is 12.1. The van der Waals surface area contributed by atoms with Gasteiger partial charge in [-0.25, -0.2) is 0 Å². The Hall–Kier alpha value is -2.69. The second kappa shape index (κ2) is 8.24. The Bertz CT molecular complexity index is 687. The highest BCUT2D eigenvalue weighted by Crippen LogP contribution is 2.38. The van der Waals surface area contributed by atoms with Gasteiger partial charge in [0.1, 0.15) is 0 Å². The van der Waals surface area contributed by atoms with Crippen LogP contribution in [0.15, 0.2) is 36.4 Å². The fourth-order valence-electron chi connectivity index (χ4n) is 2.48. The van der Waals surface area contributed by atoms with Gasteiger partial charge in [-0.15, -0.1) is 0 Å². The van der Waals surface area contributed by atoms with Crippen LogP contribution in [0, 0.1) is 6.92 Å². The Labute approximate surface area is 142 Å². The number of rotatable bonds is 7. The molecule has 0 saturated carbocycles. The molecule has 0 atom stereocenters. The maximum absolute atomic E-state index is 12.1. The monoisotopic (exact) mass is 329 g/mol. The van der Waals surface area contributed by atoms with E-state index in [9.17, 15) is 4.79 Å². The highest BCUT2D eigenvalue weighted by molar-refractivity contribution is 5.90. The number of nitrogens with one attached hydrogen (secondary N) is 1. The molecule has 0 aliphatic rings. The third-order valence-corrected chi connectivity index (χ3v) is 3.67. The molecule has 24 heavy (non-hydrogen) atoms. The van der Waals surface area contributed by atoms with Crippen molar-refractivity contribution in [2.45, 2.75) is 19.8 Å². The highest BCUT2D eigenvalue weighted by atomic mass is 16.5. The van der Waals surface area contributed by atoms with Crippen molar-refractivity contribution in [3.63, 3.8) is 0 Å². The number of carbonyl (C=O) groups excluding carboxylic acids is 1. The van der Waals surface area contributed by atoms with Crippen molar-refractivity contribution < 1.29 is 19.0 Å². The van der Waals surface area contributed by atoms with E-state index >= 15 is 0 Å². The summed E-state index contributed by atoms with van der Waals surface area (Å²) < 4.78 is 16.0. The Morgan fingerprint density at radius 2 is 1.67 bits per heavy atom. The van der Waals surface area contributed by atoms with Crippen LogP contribution in [-0.4, -0.2) is 27.2 Å². The van der Waals surface area contributed by atoms with Crippen LogP contribution in [0.5, 0.6) is 17.2 Å². The number of ether oxygens (including phenoxy) is 3. The van der Waals surface area contributed by atoms with Crippen LogP contribution in [0.1, 0.15) is 17.5 Å². The van der Waals surface area contributed by atoms with Gasteiger partial charge in [-0.05, 0) is 48.7 Å². The summed E-state index contributed by atoms with van der Waals surface area (Å²) in [5.41, 5.74) is 2.87. The topological polar surface area (TPSA) is 56.8 Å². The molecule has 0 fully saturated rings. The average molecular weight is 329 g/mol. The lowest BCUT2D eigenvalue weighted by atomic mass is 10.1. The standard InChI is InChI=1S/C19H23NO4/c1-13-6-5-7-15(10-13)20-18(21)9-8-14-11-16(22-2)19(24-4)17(12-14)23-3/h5-7,10-12H,8-9H2,1-4H3,(H,20,21). The van der Waals surface area contributed by atoms with Crippen molar-refractivity contribution in [1.29, 1.82) is 0 Å². The largest absolute Gasteiger partial charge is 0.493 e. The second-order valence-corrected chi connectivity index (χ2v) is 5.45. The van der Waals surface area contributed by atoms with E-state index in [4.69, 9.17) is 14.2 Å². The maximum Gasteiger partial charge on any atom is 0.224 e. The molecule has 0 heterocycles. The lowest BCUT2D eigenvalue weighted by Crippen LogP contribution is -2.12. The molecule has 2 rings (SSSR count). The van der Waals surface area contributed by atoms with Crippen LogP contribution in [0.2, 0.25) is 0 Å². The second-order valence-electron chi connectivity index (χ2n) is 5.45. The molecule has 0 saturated heterocycles. The molecule has 2 aromatic carbocycles. The molecule has 5 nitrogen and oxygen atoms in total. The summed E-state index contributed by atoms with van der Waals surface area (Å²) in [4.78, 5) is 12.1. The Kier molecular flexibility index (Phi) is 6.07.